The lowest BCUT2D eigenvalue weighted by atomic mass is 10.1. The smallest absolute Gasteiger partial charge is 0.266 e. The summed E-state index contributed by atoms with van der Waals surface area (Å²) >= 11 is 10.5. The van der Waals surface area contributed by atoms with Crippen molar-refractivity contribution in [2.24, 2.45) is 4.99 Å². The summed E-state index contributed by atoms with van der Waals surface area (Å²) in [4.78, 5) is 19.6. The third-order valence-electron chi connectivity index (χ3n) is 4.21. The number of amides is 1. The van der Waals surface area contributed by atoms with Gasteiger partial charge in [-0.1, -0.05) is 78.1 Å². The molecule has 0 spiro atoms. The number of hydrogen-bond donors (Lipinski definition) is 0. The summed E-state index contributed by atoms with van der Waals surface area (Å²) in [5.74, 6) is 0.439. The Morgan fingerprint density at radius 3 is 2.29 bits per heavy atom. The summed E-state index contributed by atoms with van der Waals surface area (Å²) in [6, 6.07) is 23.2. The lowest BCUT2D eigenvalue weighted by Crippen LogP contribution is -2.32. The summed E-state index contributed by atoms with van der Waals surface area (Å²) in [6.45, 7) is 0. The first kappa shape index (κ1) is 19.3. The second kappa shape index (κ2) is 8.15. The third-order valence-corrected chi connectivity index (χ3v) is 5.93. The molecule has 0 aromatic heterocycles. The van der Waals surface area contributed by atoms with Crippen LogP contribution in [0.15, 0.2) is 96.9 Å². The van der Waals surface area contributed by atoms with Gasteiger partial charge in [-0.3, -0.25) is 9.69 Å². The van der Waals surface area contributed by atoms with E-state index in [2.05, 4.69) is 47.8 Å². The fourth-order valence-electron chi connectivity index (χ4n) is 2.92. The molecule has 3 nitrogen and oxygen atoms in total. The van der Waals surface area contributed by atoms with Crippen LogP contribution in [0.4, 0.5) is 5.69 Å². The highest BCUT2D eigenvalue weighted by molar-refractivity contribution is 9.11. The van der Waals surface area contributed by atoms with E-state index >= 15 is 0 Å². The van der Waals surface area contributed by atoms with E-state index in [1.54, 1.807) is 4.90 Å². The second-order valence-corrected chi connectivity index (χ2v) is 8.80. The van der Waals surface area contributed by atoms with Crippen molar-refractivity contribution in [2.75, 3.05) is 4.90 Å². The summed E-state index contributed by atoms with van der Waals surface area (Å²) < 4.78 is 2.78. The lowest BCUT2D eigenvalue weighted by Gasteiger charge is -2.19. The largest absolute Gasteiger partial charge is 0.282 e. The first-order valence-electron chi connectivity index (χ1n) is 8.44. The summed E-state index contributed by atoms with van der Waals surface area (Å²) in [7, 11) is 0. The molecule has 0 radical (unpaired) electrons. The molecule has 0 fully saturated rings. The van der Waals surface area contributed by atoms with Crippen molar-refractivity contribution in [3.63, 3.8) is 0 Å². The maximum Gasteiger partial charge on any atom is 0.282 e. The highest BCUT2D eigenvalue weighted by atomic mass is 79.9. The van der Waals surface area contributed by atoms with Gasteiger partial charge in [0.2, 0.25) is 0 Å². The Bertz CT molecular complexity index is 1120. The topological polar surface area (TPSA) is 32.7 Å². The zero-order chi connectivity index (χ0) is 19.7. The second-order valence-electron chi connectivity index (χ2n) is 6.12. The van der Waals surface area contributed by atoms with Crippen molar-refractivity contribution >= 4 is 71.3 Å². The van der Waals surface area contributed by atoms with E-state index in [-0.39, 0.29) is 5.91 Å². The summed E-state index contributed by atoms with van der Waals surface area (Å²) in [5, 5.41) is 0. The molecule has 0 atom stereocenters. The minimum absolute atomic E-state index is 0.159. The van der Waals surface area contributed by atoms with Gasteiger partial charge in [0.25, 0.3) is 5.91 Å². The highest BCUT2D eigenvalue weighted by Crippen LogP contribution is 2.31. The Kier molecular flexibility index (Phi) is 5.62. The van der Waals surface area contributed by atoms with Crippen molar-refractivity contribution < 1.29 is 4.79 Å². The highest BCUT2D eigenvalue weighted by Gasteiger charge is 2.33. The minimum Gasteiger partial charge on any atom is -0.266 e. The number of halogens is 3. The summed E-state index contributed by atoms with van der Waals surface area (Å²) in [6.07, 6.45) is 1.81. The molecule has 0 unspecified atom stereocenters. The molecule has 0 aliphatic carbocycles. The van der Waals surface area contributed by atoms with Gasteiger partial charge in [0.15, 0.2) is 0 Å². The molecule has 1 heterocycles. The Morgan fingerprint density at radius 2 is 1.57 bits per heavy atom. The predicted molar refractivity (Wildman–Crippen MR) is 124 cm³/mol. The molecule has 4 rings (SSSR count). The molecule has 1 aliphatic rings. The average molecular weight is 561 g/mol. The van der Waals surface area contributed by atoms with Crippen LogP contribution in [0.1, 0.15) is 11.1 Å². The first-order chi connectivity index (χ1) is 13.5. The SMILES string of the molecule is O=C1/C(=C\c2cccc(Br)c2)N=C(c2ccccc2Br)N1c1ccc(Br)cc1. The van der Waals surface area contributed by atoms with E-state index in [0.717, 1.165) is 30.2 Å². The first-order valence-corrected chi connectivity index (χ1v) is 10.8. The number of amidine groups is 1. The standard InChI is InChI=1S/C22H13Br3N2O/c23-15-8-10-17(11-9-15)27-21(18-6-1-2-7-19(18)25)26-20(22(27)28)13-14-4-3-5-16(24)12-14/h1-13H/b20-13+. The van der Waals surface area contributed by atoms with Crippen LogP contribution in [0.3, 0.4) is 0 Å². The Morgan fingerprint density at radius 1 is 0.821 bits per heavy atom. The van der Waals surface area contributed by atoms with Crippen LogP contribution in [0.2, 0.25) is 0 Å². The molecule has 3 aromatic rings. The van der Waals surface area contributed by atoms with Crippen LogP contribution in [0, 0.1) is 0 Å². The van der Waals surface area contributed by atoms with Crippen molar-refractivity contribution in [1.82, 2.24) is 0 Å². The van der Waals surface area contributed by atoms with Crippen molar-refractivity contribution in [1.29, 1.82) is 0 Å². The van der Waals surface area contributed by atoms with Gasteiger partial charge in [0, 0.05) is 19.0 Å². The predicted octanol–water partition coefficient (Wildman–Crippen LogP) is 6.81. The van der Waals surface area contributed by atoms with E-state index in [1.807, 2.05) is 78.9 Å². The van der Waals surface area contributed by atoms with Gasteiger partial charge in [-0.05, 0) is 54.1 Å². The molecule has 1 amide bonds. The third kappa shape index (κ3) is 3.90. The fraction of sp³-hybridized carbons (Fsp3) is 0. The summed E-state index contributed by atoms with van der Waals surface area (Å²) in [5.41, 5.74) is 2.93. The number of rotatable bonds is 3. The van der Waals surface area contributed by atoms with Gasteiger partial charge < -0.3 is 0 Å². The zero-order valence-corrected chi connectivity index (χ0v) is 19.2. The van der Waals surface area contributed by atoms with Crippen LogP contribution in [-0.2, 0) is 4.79 Å². The monoisotopic (exact) mass is 558 g/mol. The molecular weight excluding hydrogens is 548 g/mol. The Labute approximate surface area is 188 Å². The van der Waals surface area contributed by atoms with Crippen molar-refractivity contribution in [3.8, 4) is 0 Å². The van der Waals surface area contributed by atoms with Crippen LogP contribution < -0.4 is 4.90 Å². The number of anilines is 1. The van der Waals surface area contributed by atoms with Crippen LogP contribution >= 0.6 is 47.8 Å². The number of hydrogen-bond acceptors (Lipinski definition) is 2. The molecule has 0 saturated heterocycles. The maximum atomic E-state index is 13.3. The van der Waals surface area contributed by atoms with Gasteiger partial charge in [-0.25, -0.2) is 4.99 Å². The van der Waals surface area contributed by atoms with Gasteiger partial charge in [-0.2, -0.15) is 0 Å². The van der Waals surface area contributed by atoms with Crippen molar-refractivity contribution in [3.05, 3.63) is 103 Å². The number of aliphatic imine (C=N–C) groups is 1. The minimum atomic E-state index is -0.159. The van der Waals surface area contributed by atoms with E-state index in [4.69, 9.17) is 4.99 Å². The Hall–Kier alpha value is -2.02. The van der Waals surface area contributed by atoms with E-state index in [9.17, 15) is 4.79 Å². The zero-order valence-electron chi connectivity index (χ0n) is 14.4. The van der Waals surface area contributed by atoms with E-state index in [0.29, 0.717) is 11.5 Å². The molecule has 28 heavy (non-hydrogen) atoms. The molecule has 6 heteroatoms. The molecule has 1 aliphatic heterocycles. The van der Waals surface area contributed by atoms with Crippen LogP contribution in [-0.4, -0.2) is 11.7 Å². The molecule has 0 bridgehead atoms. The van der Waals surface area contributed by atoms with Crippen molar-refractivity contribution in [2.45, 2.75) is 0 Å². The number of nitrogens with zero attached hydrogens (tertiary/aromatic N) is 2. The molecule has 3 aromatic carbocycles. The van der Waals surface area contributed by atoms with Crippen LogP contribution in [0.25, 0.3) is 6.08 Å². The van der Waals surface area contributed by atoms with Gasteiger partial charge in [-0.15, -0.1) is 0 Å². The molecular formula is C22H13Br3N2O. The quantitative estimate of drug-likeness (QED) is 0.324. The normalized spacial score (nSPS) is 15.2. The Balaban J connectivity index is 1.85. The molecule has 0 N–H and O–H groups in total. The molecule has 0 saturated carbocycles. The van der Waals surface area contributed by atoms with Gasteiger partial charge in [0.05, 0.1) is 5.69 Å². The van der Waals surface area contributed by atoms with E-state index in [1.165, 1.54) is 0 Å². The van der Waals surface area contributed by atoms with E-state index < -0.39 is 0 Å². The van der Waals surface area contributed by atoms with Crippen LogP contribution in [0.5, 0.6) is 0 Å². The number of benzene rings is 3. The number of carbonyl (C=O) groups is 1. The maximum absolute atomic E-state index is 13.3. The van der Waals surface area contributed by atoms with Gasteiger partial charge >= 0.3 is 0 Å². The fourth-order valence-corrected chi connectivity index (χ4v) is 4.07. The van der Waals surface area contributed by atoms with Gasteiger partial charge in [0.1, 0.15) is 11.5 Å². The lowest BCUT2D eigenvalue weighted by molar-refractivity contribution is -0.113. The number of carbonyl (C=O) groups excluding carboxylic acids is 1. The molecule has 138 valence electrons. The average Bonchev–Trinajstić information content (AvgIpc) is 2.99.